The molecule has 1 aromatic rings. The molecule has 0 aliphatic rings. The van der Waals surface area contributed by atoms with Crippen molar-refractivity contribution < 1.29 is 18.9 Å². The predicted octanol–water partition coefficient (Wildman–Crippen LogP) is 1.16. The summed E-state index contributed by atoms with van der Waals surface area (Å²) in [7, 11) is 4.22. The monoisotopic (exact) mass is 298 g/mol. The molecule has 0 aromatic heterocycles. The van der Waals surface area contributed by atoms with Gasteiger partial charge in [-0.05, 0) is 24.1 Å². The van der Waals surface area contributed by atoms with E-state index >= 15 is 0 Å². The Balaban J connectivity index is 2.60. The molecule has 0 saturated carbocycles. The fourth-order valence-electron chi connectivity index (χ4n) is 1.62. The molecule has 1 radical (unpaired) electrons. The minimum Gasteiger partial charge on any atom is -0.492 e. The van der Waals surface area contributed by atoms with Crippen LogP contribution < -0.4 is 9.96 Å². The van der Waals surface area contributed by atoms with Gasteiger partial charge >= 0.3 is 13.6 Å². The minimum atomic E-state index is -0.491. The lowest BCUT2D eigenvalue weighted by Gasteiger charge is -2.15. The molecule has 1 atom stereocenters. The molecule has 7 heteroatoms. The highest BCUT2D eigenvalue weighted by Gasteiger charge is 2.19. The number of hydrogen-bond donors (Lipinski definition) is 1. The van der Waals surface area contributed by atoms with Gasteiger partial charge in [-0.15, -0.1) is 11.6 Å². The standard InChI is InChI=1S/C13H18BClNO4/c1-18-13(17)12(16-14-19-2)9-10-3-5-11(6-4-10)20-8-7-15/h3-6,12,16H,7-9H2,1-2H3. The first kappa shape index (κ1) is 16.8. The maximum Gasteiger partial charge on any atom is 0.396 e. The van der Waals surface area contributed by atoms with E-state index in [1.807, 2.05) is 24.3 Å². The van der Waals surface area contributed by atoms with Crippen LogP contribution in [0, 0.1) is 0 Å². The van der Waals surface area contributed by atoms with E-state index in [-0.39, 0.29) is 5.97 Å². The summed E-state index contributed by atoms with van der Waals surface area (Å²) in [6.45, 7) is 0.468. The van der Waals surface area contributed by atoms with Crippen LogP contribution in [0.15, 0.2) is 24.3 Å². The van der Waals surface area contributed by atoms with Gasteiger partial charge in [0.1, 0.15) is 18.4 Å². The van der Waals surface area contributed by atoms with E-state index in [0.717, 1.165) is 11.3 Å². The van der Waals surface area contributed by atoms with Gasteiger partial charge < -0.3 is 19.4 Å². The predicted molar refractivity (Wildman–Crippen MR) is 78.1 cm³/mol. The quantitative estimate of drug-likeness (QED) is 0.421. The highest BCUT2D eigenvalue weighted by atomic mass is 35.5. The molecule has 0 bridgehead atoms. The van der Waals surface area contributed by atoms with Crippen molar-refractivity contribution in [1.82, 2.24) is 5.23 Å². The normalized spacial score (nSPS) is 11.8. The van der Waals surface area contributed by atoms with Crippen LogP contribution >= 0.6 is 11.6 Å². The fourth-order valence-corrected chi connectivity index (χ4v) is 1.69. The lowest BCUT2D eigenvalue weighted by Crippen LogP contribution is -2.42. The van der Waals surface area contributed by atoms with Gasteiger partial charge in [-0.2, -0.15) is 0 Å². The smallest absolute Gasteiger partial charge is 0.396 e. The van der Waals surface area contributed by atoms with Crippen molar-refractivity contribution in [3.8, 4) is 5.75 Å². The van der Waals surface area contributed by atoms with Crippen molar-refractivity contribution in [2.75, 3.05) is 26.7 Å². The molecule has 5 nitrogen and oxygen atoms in total. The molecule has 0 heterocycles. The van der Waals surface area contributed by atoms with E-state index in [2.05, 4.69) is 5.23 Å². The van der Waals surface area contributed by atoms with Crippen LogP contribution in [0.25, 0.3) is 0 Å². The fraction of sp³-hybridized carbons (Fsp3) is 0.462. The number of nitrogens with one attached hydrogen (secondary N) is 1. The first-order valence-corrected chi connectivity index (χ1v) is 6.70. The summed E-state index contributed by atoms with van der Waals surface area (Å²) in [5.41, 5.74) is 0.982. The summed E-state index contributed by atoms with van der Waals surface area (Å²) < 4.78 is 14.9. The molecule has 0 fully saturated rings. The number of methoxy groups -OCH3 is 1. The van der Waals surface area contributed by atoms with Crippen LogP contribution in [0.1, 0.15) is 5.56 Å². The molecule has 0 aliphatic heterocycles. The van der Waals surface area contributed by atoms with Crippen molar-refractivity contribution in [3.05, 3.63) is 29.8 Å². The van der Waals surface area contributed by atoms with E-state index < -0.39 is 6.04 Å². The maximum absolute atomic E-state index is 11.6. The van der Waals surface area contributed by atoms with Crippen molar-refractivity contribution in [3.63, 3.8) is 0 Å². The molecule has 1 rings (SSSR count). The first-order valence-electron chi connectivity index (χ1n) is 6.17. The minimum absolute atomic E-state index is 0.347. The van der Waals surface area contributed by atoms with Crippen molar-refractivity contribution in [2.24, 2.45) is 0 Å². The molecule has 0 aliphatic carbocycles. The van der Waals surface area contributed by atoms with Crippen LogP contribution in [-0.4, -0.2) is 46.3 Å². The molecule has 20 heavy (non-hydrogen) atoms. The highest BCUT2D eigenvalue weighted by Crippen LogP contribution is 2.14. The number of carbonyl (C=O) groups is 1. The van der Waals surface area contributed by atoms with Crippen LogP contribution in [0.2, 0.25) is 0 Å². The number of hydrogen-bond acceptors (Lipinski definition) is 5. The Morgan fingerprint density at radius 1 is 1.35 bits per heavy atom. The second-order valence-electron chi connectivity index (χ2n) is 3.98. The summed E-state index contributed by atoms with van der Waals surface area (Å²) in [5, 5.41) is 2.85. The van der Waals surface area contributed by atoms with E-state index in [9.17, 15) is 4.79 Å². The van der Waals surface area contributed by atoms with Crippen LogP contribution in [0.5, 0.6) is 5.75 Å². The van der Waals surface area contributed by atoms with Crippen molar-refractivity contribution in [1.29, 1.82) is 0 Å². The number of esters is 1. The van der Waals surface area contributed by atoms with Gasteiger partial charge in [0.25, 0.3) is 0 Å². The highest BCUT2D eigenvalue weighted by molar-refractivity contribution is 6.24. The lowest BCUT2D eigenvalue weighted by atomic mass is 10.0. The van der Waals surface area contributed by atoms with Gasteiger partial charge in [0.2, 0.25) is 0 Å². The van der Waals surface area contributed by atoms with Gasteiger partial charge in [-0.25, -0.2) is 0 Å². The summed E-state index contributed by atoms with van der Waals surface area (Å²) >= 11 is 5.55. The Bertz CT molecular complexity index is 402. The third-order valence-corrected chi connectivity index (χ3v) is 2.74. The number of halogens is 1. The number of ether oxygens (including phenoxy) is 2. The molecule has 0 saturated heterocycles. The zero-order valence-corrected chi connectivity index (χ0v) is 12.4. The second-order valence-corrected chi connectivity index (χ2v) is 4.36. The summed E-state index contributed by atoms with van der Waals surface area (Å²) in [5.74, 6) is 0.851. The topological polar surface area (TPSA) is 56.8 Å². The Labute approximate surface area is 124 Å². The molecule has 109 valence electrons. The van der Waals surface area contributed by atoms with Crippen LogP contribution in [0.3, 0.4) is 0 Å². The molecule has 1 unspecified atom stereocenters. The Kier molecular flexibility index (Phi) is 8.10. The van der Waals surface area contributed by atoms with Gasteiger partial charge in [0, 0.05) is 7.11 Å². The lowest BCUT2D eigenvalue weighted by molar-refractivity contribution is -0.142. The molecule has 1 N–H and O–H groups in total. The zero-order chi connectivity index (χ0) is 14.8. The van der Waals surface area contributed by atoms with Crippen LogP contribution in [-0.2, 0) is 20.6 Å². The average molecular weight is 299 g/mol. The SMILES string of the molecule is CO[B]NC(Cc1ccc(OCCCl)cc1)C(=O)OC. The van der Waals surface area contributed by atoms with Crippen molar-refractivity contribution in [2.45, 2.75) is 12.5 Å². The molecule has 0 spiro atoms. The van der Waals surface area contributed by atoms with Crippen molar-refractivity contribution >= 4 is 25.2 Å². The summed E-state index contributed by atoms with van der Waals surface area (Å²) in [6.07, 6.45) is 0.488. The Morgan fingerprint density at radius 2 is 2.05 bits per heavy atom. The third-order valence-electron chi connectivity index (χ3n) is 2.58. The Hall–Kier alpha value is -1.24. The Morgan fingerprint density at radius 3 is 2.60 bits per heavy atom. The average Bonchev–Trinajstić information content (AvgIpc) is 2.49. The second kappa shape index (κ2) is 9.63. The third kappa shape index (κ3) is 5.82. The van der Waals surface area contributed by atoms with Gasteiger partial charge in [0.15, 0.2) is 0 Å². The molecular weight excluding hydrogens is 280 g/mol. The zero-order valence-electron chi connectivity index (χ0n) is 11.6. The van der Waals surface area contributed by atoms with Gasteiger partial charge in [-0.3, -0.25) is 4.79 Å². The molecule has 1 aromatic carbocycles. The van der Waals surface area contributed by atoms with E-state index in [1.54, 1.807) is 0 Å². The van der Waals surface area contributed by atoms with E-state index in [1.165, 1.54) is 21.8 Å². The van der Waals surface area contributed by atoms with Crippen LogP contribution in [0.4, 0.5) is 0 Å². The van der Waals surface area contributed by atoms with E-state index in [4.69, 9.17) is 25.7 Å². The number of rotatable bonds is 9. The number of alkyl halides is 1. The van der Waals surface area contributed by atoms with Gasteiger partial charge in [0.05, 0.1) is 13.0 Å². The summed E-state index contributed by atoms with van der Waals surface area (Å²) in [6, 6.07) is 6.99. The number of benzene rings is 1. The summed E-state index contributed by atoms with van der Waals surface area (Å²) in [4.78, 5) is 11.6. The van der Waals surface area contributed by atoms with E-state index in [0.29, 0.717) is 18.9 Å². The van der Waals surface area contributed by atoms with Gasteiger partial charge in [-0.1, -0.05) is 12.1 Å². The molecular formula is C13H18BClNO4. The maximum atomic E-state index is 11.6. The molecule has 0 amide bonds. The first-order chi connectivity index (χ1) is 9.71. The number of carbonyl (C=O) groups excluding carboxylic acids is 1. The largest absolute Gasteiger partial charge is 0.492 e.